The monoisotopic (exact) mass is 236 g/mol. The number of hydrogen-bond donors (Lipinski definition) is 1. The summed E-state index contributed by atoms with van der Waals surface area (Å²) >= 11 is 0. The van der Waals surface area contributed by atoms with Crippen LogP contribution in [0.2, 0.25) is 0 Å². The Morgan fingerprint density at radius 2 is 1.88 bits per heavy atom. The molecule has 0 amide bonds. The molecule has 0 fully saturated rings. The first-order valence-corrected chi connectivity index (χ1v) is 6.45. The maximum Gasteiger partial charge on any atom is 0.0488 e. The second-order valence-corrected chi connectivity index (χ2v) is 5.00. The maximum atomic E-state index is 9.34. The van der Waals surface area contributed by atoms with Gasteiger partial charge in [0.2, 0.25) is 0 Å². The Hall–Kier alpha value is -0.860. The second kappa shape index (κ2) is 8.26. The Labute approximate surface area is 105 Å². The Morgan fingerprint density at radius 1 is 1.18 bits per heavy atom. The lowest BCUT2D eigenvalue weighted by atomic mass is 9.97. The number of ether oxygens (including phenoxy) is 1. The van der Waals surface area contributed by atoms with Gasteiger partial charge in [0.25, 0.3) is 0 Å². The van der Waals surface area contributed by atoms with Gasteiger partial charge in [0.15, 0.2) is 0 Å². The van der Waals surface area contributed by atoms with Crippen LogP contribution in [0.4, 0.5) is 0 Å². The van der Waals surface area contributed by atoms with Gasteiger partial charge >= 0.3 is 0 Å². The number of benzene rings is 1. The van der Waals surface area contributed by atoms with Crippen molar-refractivity contribution < 1.29 is 9.84 Å². The number of aliphatic hydroxyl groups is 1. The van der Waals surface area contributed by atoms with Gasteiger partial charge < -0.3 is 9.84 Å². The second-order valence-electron chi connectivity index (χ2n) is 5.00. The maximum absolute atomic E-state index is 9.34. The van der Waals surface area contributed by atoms with Gasteiger partial charge in [0.05, 0.1) is 0 Å². The molecule has 0 heterocycles. The quantitative estimate of drug-likeness (QED) is 0.703. The first kappa shape index (κ1) is 14.2. The van der Waals surface area contributed by atoms with Crippen molar-refractivity contribution in [3.8, 4) is 0 Å². The molecule has 0 spiro atoms. The number of aliphatic hydroxyl groups excluding tert-OH is 1. The van der Waals surface area contributed by atoms with Gasteiger partial charge in [-0.3, -0.25) is 0 Å². The first-order chi connectivity index (χ1) is 8.22. The highest BCUT2D eigenvalue weighted by atomic mass is 16.5. The fourth-order valence-electron chi connectivity index (χ4n) is 1.77. The van der Waals surface area contributed by atoms with E-state index in [1.165, 1.54) is 5.56 Å². The van der Waals surface area contributed by atoms with E-state index in [1.807, 2.05) is 18.2 Å². The lowest BCUT2D eigenvalue weighted by molar-refractivity contribution is 0.0878. The van der Waals surface area contributed by atoms with Crippen LogP contribution in [0.5, 0.6) is 0 Å². The largest absolute Gasteiger partial charge is 0.396 e. The van der Waals surface area contributed by atoms with E-state index in [2.05, 4.69) is 26.0 Å². The molecule has 1 N–H and O–H groups in total. The Balaban J connectivity index is 2.24. The number of rotatable bonds is 8. The molecule has 0 aliphatic heterocycles. The molecule has 1 rings (SSSR count). The average molecular weight is 236 g/mol. The molecule has 1 unspecified atom stereocenters. The molecule has 17 heavy (non-hydrogen) atoms. The van der Waals surface area contributed by atoms with Crippen LogP contribution < -0.4 is 0 Å². The van der Waals surface area contributed by atoms with Crippen LogP contribution in [0.1, 0.15) is 25.8 Å². The zero-order valence-corrected chi connectivity index (χ0v) is 10.9. The molecule has 2 nitrogen and oxygen atoms in total. The van der Waals surface area contributed by atoms with Gasteiger partial charge in [-0.15, -0.1) is 0 Å². The molecule has 0 saturated carbocycles. The van der Waals surface area contributed by atoms with E-state index in [0.29, 0.717) is 11.8 Å². The molecule has 1 aromatic rings. The van der Waals surface area contributed by atoms with Crippen molar-refractivity contribution in [2.45, 2.75) is 26.7 Å². The van der Waals surface area contributed by atoms with E-state index < -0.39 is 0 Å². The summed E-state index contributed by atoms with van der Waals surface area (Å²) in [5.74, 6) is 0.890. The summed E-state index contributed by atoms with van der Waals surface area (Å²) < 4.78 is 5.55. The van der Waals surface area contributed by atoms with Gasteiger partial charge in [-0.1, -0.05) is 44.2 Å². The van der Waals surface area contributed by atoms with Crippen molar-refractivity contribution >= 4 is 0 Å². The van der Waals surface area contributed by atoms with Gasteiger partial charge in [0.1, 0.15) is 0 Å². The Kier molecular flexibility index (Phi) is 6.90. The van der Waals surface area contributed by atoms with Crippen LogP contribution in [0, 0.1) is 11.8 Å². The SMILES string of the molecule is CC(C)COCCC(CO)Cc1ccccc1. The van der Waals surface area contributed by atoms with Crippen molar-refractivity contribution in [1.82, 2.24) is 0 Å². The van der Waals surface area contributed by atoms with Crippen LogP contribution in [0.3, 0.4) is 0 Å². The third-order valence-electron chi connectivity index (χ3n) is 2.75. The third kappa shape index (κ3) is 6.44. The minimum Gasteiger partial charge on any atom is -0.396 e. The highest BCUT2D eigenvalue weighted by molar-refractivity contribution is 5.15. The van der Waals surface area contributed by atoms with Crippen molar-refractivity contribution in [1.29, 1.82) is 0 Å². The van der Waals surface area contributed by atoms with E-state index in [4.69, 9.17) is 4.74 Å². The van der Waals surface area contributed by atoms with Crippen LogP contribution in [0.25, 0.3) is 0 Å². The number of hydrogen-bond acceptors (Lipinski definition) is 2. The first-order valence-electron chi connectivity index (χ1n) is 6.45. The molecule has 1 aromatic carbocycles. The normalized spacial score (nSPS) is 12.9. The van der Waals surface area contributed by atoms with Gasteiger partial charge in [-0.2, -0.15) is 0 Å². The minimum absolute atomic E-state index is 0.236. The topological polar surface area (TPSA) is 29.5 Å². The Bertz CT molecular complexity index is 282. The molecule has 0 aliphatic rings. The average Bonchev–Trinajstić information content (AvgIpc) is 2.34. The fraction of sp³-hybridized carbons (Fsp3) is 0.600. The molecule has 1 atom stereocenters. The molecule has 0 saturated heterocycles. The van der Waals surface area contributed by atoms with Crippen molar-refractivity contribution in [2.75, 3.05) is 19.8 Å². The van der Waals surface area contributed by atoms with Crippen LogP contribution in [-0.4, -0.2) is 24.9 Å². The molecule has 0 bridgehead atoms. The van der Waals surface area contributed by atoms with Gasteiger partial charge in [-0.05, 0) is 30.2 Å². The summed E-state index contributed by atoms with van der Waals surface area (Å²) in [4.78, 5) is 0. The van der Waals surface area contributed by atoms with Crippen LogP contribution in [0.15, 0.2) is 30.3 Å². The summed E-state index contributed by atoms with van der Waals surface area (Å²) in [6.07, 6.45) is 1.86. The molecule has 0 aromatic heterocycles. The van der Waals surface area contributed by atoms with Gasteiger partial charge in [0, 0.05) is 19.8 Å². The van der Waals surface area contributed by atoms with Crippen molar-refractivity contribution in [3.05, 3.63) is 35.9 Å². The molecule has 0 aliphatic carbocycles. The predicted octanol–water partition coefficient (Wildman–Crippen LogP) is 2.90. The smallest absolute Gasteiger partial charge is 0.0488 e. The molecular weight excluding hydrogens is 212 g/mol. The van der Waals surface area contributed by atoms with Gasteiger partial charge in [-0.25, -0.2) is 0 Å². The third-order valence-corrected chi connectivity index (χ3v) is 2.75. The van der Waals surface area contributed by atoms with Crippen molar-refractivity contribution in [2.24, 2.45) is 11.8 Å². The summed E-state index contributed by atoms with van der Waals surface area (Å²) in [5.41, 5.74) is 1.29. The van der Waals surface area contributed by atoms with Crippen LogP contribution in [-0.2, 0) is 11.2 Å². The van der Waals surface area contributed by atoms with E-state index in [9.17, 15) is 5.11 Å². The fourth-order valence-corrected chi connectivity index (χ4v) is 1.77. The molecule has 2 heteroatoms. The summed E-state index contributed by atoms with van der Waals surface area (Å²) in [7, 11) is 0. The molecule has 0 radical (unpaired) electrons. The molecular formula is C15H24O2. The predicted molar refractivity (Wildman–Crippen MR) is 71.0 cm³/mol. The summed E-state index contributed by atoms with van der Waals surface area (Å²) in [6, 6.07) is 10.3. The van der Waals surface area contributed by atoms with E-state index >= 15 is 0 Å². The highest BCUT2D eigenvalue weighted by Gasteiger charge is 2.08. The summed E-state index contributed by atoms with van der Waals surface area (Å²) in [6.45, 7) is 6.08. The van der Waals surface area contributed by atoms with Crippen LogP contribution >= 0.6 is 0 Å². The lowest BCUT2D eigenvalue weighted by Crippen LogP contribution is -2.14. The summed E-state index contributed by atoms with van der Waals surface area (Å²) in [5, 5.41) is 9.34. The zero-order chi connectivity index (χ0) is 12.5. The molecule has 96 valence electrons. The van der Waals surface area contributed by atoms with Crippen molar-refractivity contribution in [3.63, 3.8) is 0 Å². The lowest BCUT2D eigenvalue weighted by Gasteiger charge is -2.15. The van der Waals surface area contributed by atoms with E-state index in [-0.39, 0.29) is 6.61 Å². The highest BCUT2D eigenvalue weighted by Crippen LogP contribution is 2.12. The minimum atomic E-state index is 0.236. The zero-order valence-electron chi connectivity index (χ0n) is 10.9. The van der Waals surface area contributed by atoms with E-state index in [0.717, 1.165) is 26.1 Å². The standard InChI is InChI=1S/C15H24O2/c1-13(2)12-17-9-8-15(11-16)10-14-6-4-3-5-7-14/h3-7,13,15-16H,8-12H2,1-2H3. The Morgan fingerprint density at radius 3 is 2.47 bits per heavy atom. The van der Waals surface area contributed by atoms with E-state index in [1.54, 1.807) is 0 Å².